The average molecular weight is 306 g/mol. The molecule has 0 aliphatic rings. The van der Waals surface area contributed by atoms with Crippen molar-refractivity contribution in [3.8, 4) is 11.5 Å². The first-order valence-corrected chi connectivity index (χ1v) is 6.65. The van der Waals surface area contributed by atoms with Crippen molar-refractivity contribution in [1.82, 2.24) is 0 Å². The highest BCUT2D eigenvalue weighted by atomic mass is 79.9. The summed E-state index contributed by atoms with van der Waals surface area (Å²) in [6.07, 6.45) is 0. The van der Waals surface area contributed by atoms with Crippen molar-refractivity contribution in [2.45, 2.75) is 19.9 Å². The molecule has 2 rings (SSSR count). The van der Waals surface area contributed by atoms with Gasteiger partial charge in [-0.25, -0.2) is 0 Å². The Morgan fingerprint density at radius 1 is 1.06 bits per heavy atom. The molecule has 0 fully saturated rings. The van der Waals surface area contributed by atoms with Crippen LogP contribution in [0.5, 0.6) is 11.5 Å². The van der Waals surface area contributed by atoms with E-state index in [1.807, 2.05) is 49.4 Å². The smallest absolute Gasteiger partial charge is 0.128 e. The van der Waals surface area contributed by atoms with Gasteiger partial charge < -0.3 is 10.5 Å². The Morgan fingerprint density at radius 2 is 1.67 bits per heavy atom. The molecule has 0 amide bonds. The molecule has 2 nitrogen and oxygen atoms in total. The van der Waals surface area contributed by atoms with E-state index in [2.05, 4.69) is 22.9 Å². The molecular formula is C15H16BrNO. The second kappa shape index (κ2) is 5.55. The second-order valence-corrected chi connectivity index (χ2v) is 5.24. The molecule has 0 unspecified atom stereocenters. The number of hydrogen-bond donors (Lipinski definition) is 1. The summed E-state index contributed by atoms with van der Waals surface area (Å²) in [4.78, 5) is 0. The minimum Gasteiger partial charge on any atom is -0.457 e. The van der Waals surface area contributed by atoms with Crippen LogP contribution in [0.4, 0.5) is 0 Å². The number of halogens is 1. The highest BCUT2D eigenvalue weighted by molar-refractivity contribution is 9.10. The predicted molar refractivity (Wildman–Crippen MR) is 78.0 cm³/mol. The van der Waals surface area contributed by atoms with Gasteiger partial charge in [-0.05, 0) is 43.7 Å². The van der Waals surface area contributed by atoms with Crippen molar-refractivity contribution in [3.05, 3.63) is 58.1 Å². The number of aryl methyl sites for hydroxylation is 1. The lowest BCUT2D eigenvalue weighted by Gasteiger charge is -2.11. The van der Waals surface area contributed by atoms with Crippen LogP contribution in [0.2, 0.25) is 0 Å². The van der Waals surface area contributed by atoms with Gasteiger partial charge in [0, 0.05) is 10.5 Å². The van der Waals surface area contributed by atoms with Gasteiger partial charge in [0.05, 0.1) is 0 Å². The third kappa shape index (κ3) is 3.12. The zero-order valence-electron chi connectivity index (χ0n) is 10.5. The van der Waals surface area contributed by atoms with Crippen molar-refractivity contribution in [2.75, 3.05) is 0 Å². The Bertz CT molecular complexity index is 535. The number of hydrogen-bond acceptors (Lipinski definition) is 2. The molecule has 3 heteroatoms. The highest BCUT2D eigenvalue weighted by Crippen LogP contribution is 2.29. The van der Waals surface area contributed by atoms with Gasteiger partial charge in [-0.2, -0.15) is 0 Å². The van der Waals surface area contributed by atoms with E-state index in [1.54, 1.807) is 0 Å². The van der Waals surface area contributed by atoms with Gasteiger partial charge in [-0.3, -0.25) is 0 Å². The van der Waals surface area contributed by atoms with E-state index >= 15 is 0 Å². The quantitative estimate of drug-likeness (QED) is 0.901. The van der Waals surface area contributed by atoms with Crippen LogP contribution in [-0.2, 0) is 0 Å². The molecule has 94 valence electrons. The van der Waals surface area contributed by atoms with Gasteiger partial charge in [0.25, 0.3) is 0 Å². The topological polar surface area (TPSA) is 35.2 Å². The maximum Gasteiger partial charge on any atom is 0.128 e. The van der Waals surface area contributed by atoms with Crippen molar-refractivity contribution in [3.63, 3.8) is 0 Å². The summed E-state index contributed by atoms with van der Waals surface area (Å²) in [6, 6.07) is 13.8. The van der Waals surface area contributed by atoms with Crippen molar-refractivity contribution in [2.24, 2.45) is 5.73 Å². The molecule has 2 N–H and O–H groups in total. The maximum absolute atomic E-state index is 5.86. The van der Waals surface area contributed by atoms with E-state index in [0.29, 0.717) is 0 Å². The van der Waals surface area contributed by atoms with Crippen LogP contribution < -0.4 is 10.5 Å². The molecule has 1 atom stereocenters. The number of benzene rings is 2. The standard InChI is InChI=1S/C15H16BrNO/c1-10-3-5-12(6-4-10)18-13-7-8-14(11(2)17)15(16)9-13/h3-9,11H,17H2,1-2H3/t11-/m0/s1. The van der Waals surface area contributed by atoms with Crippen LogP contribution in [0.3, 0.4) is 0 Å². The van der Waals surface area contributed by atoms with Crippen molar-refractivity contribution < 1.29 is 4.74 Å². The third-order valence-electron chi connectivity index (χ3n) is 2.72. The van der Waals surface area contributed by atoms with Gasteiger partial charge in [0.2, 0.25) is 0 Å². The van der Waals surface area contributed by atoms with Crippen molar-refractivity contribution in [1.29, 1.82) is 0 Å². The molecule has 2 aromatic rings. The van der Waals surface area contributed by atoms with Gasteiger partial charge in [-0.1, -0.05) is 39.7 Å². The summed E-state index contributed by atoms with van der Waals surface area (Å²) in [5, 5.41) is 0. The summed E-state index contributed by atoms with van der Waals surface area (Å²) < 4.78 is 6.75. The first kappa shape index (κ1) is 13.1. The lowest BCUT2D eigenvalue weighted by molar-refractivity contribution is 0.482. The SMILES string of the molecule is Cc1ccc(Oc2ccc([C@H](C)N)c(Br)c2)cc1. The van der Waals surface area contributed by atoms with Crippen LogP contribution in [0, 0.1) is 6.92 Å². The molecule has 0 aliphatic heterocycles. The molecule has 0 heterocycles. The highest BCUT2D eigenvalue weighted by Gasteiger charge is 2.06. The van der Waals surface area contributed by atoms with E-state index in [0.717, 1.165) is 21.5 Å². The van der Waals surface area contributed by atoms with E-state index in [9.17, 15) is 0 Å². The number of nitrogens with two attached hydrogens (primary N) is 1. The van der Waals surface area contributed by atoms with Crippen LogP contribution in [0.25, 0.3) is 0 Å². The summed E-state index contributed by atoms with van der Waals surface area (Å²) in [5.41, 5.74) is 8.16. The zero-order chi connectivity index (χ0) is 13.1. The minimum absolute atomic E-state index is 0.00722. The fraction of sp³-hybridized carbons (Fsp3) is 0.200. The van der Waals surface area contributed by atoms with E-state index < -0.39 is 0 Å². The van der Waals surface area contributed by atoms with Crippen LogP contribution in [0.1, 0.15) is 24.1 Å². The van der Waals surface area contributed by atoms with E-state index in [1.165, 1.54) is 5.56 Å². The Balaban J connectivity index is 2.20. The van der Waals surface area contributed by atoms with Crippen molar-refractivity contribution >= 4 is 15.9 Å². The van der Waals surface area contributed by atoms with E-state index in [-0.39, 0.29) is 6.04 Å². The Hall–Kier alpha value is -1.32. The van der Waals surface area contributed by atoms with Crippen LogP contribution in [-0.4, -0.2) is 0 Å². The number of rotatable bonds is 3. The molecule has 0 radical (unpaired) electrons. The summed E-state index contributed by atoms with van der Waals surface area (Å²) in [5.74, 6) is 1.64. The summed E-state index contributed by atoms with van der Waals surface area (Å²) in [6.45, 7) is 4.01. The molecule has 0 aliphatic carbocycles. The molecule has 2 aromatic carbocycles. The van der Waals surface area contributed by atoms with Crippen LogP contribution >= 0.6 is 15.9 Å². The monoisotopic (exact) mass is 305 g/mol. The van der Waals surface area contributed by atoms with E-state index in [4.69, 9.17) is 10.5 Å². The molecule has 0 aromatic heterocycles. The Labute approximate surface area is 116 Å². The lowest BCUT2D eigenvalue weighted by Crippen LogP contribution is -2.05. The molecule has 0 bridgehead atoms. The second-order valence-electron chi connectivity index (χ2n) is 4.39. The average Bonchev–Trinajstić information content (AvgIpc) is 2.32. The first-order valence-electron chi connectivity index (χ1n) is 5.86. The summed E-state index contributed by atoms with van der Waals surface area (Å²) in [7, 11) is 0. The lowest BCUT2D eigenvalue weighted by atomic mass is 10.1. The zero-order valence-corrected chi connectivity index (χ0v) is 12.1. The van der Waals surface area contributed by atoms with Gasteiger partial charge in [0.15, 0.2) is 0 Å². The molecule has 0 saturated heterocycles. The first-order chi connectivity index (χ1) is 8.56. The number of ether oxygens (including phenoxy) is 1. The maximum atomic E-state index is 5.86. The summed E-state index contributed by atoms with van der Waals surface area (Å²) >= 11 is 3.51. The molecule has 18 heavy (non-hydrogen) atoms. The Kier molecular flexibility index (Phi) is 4.04. The van der Waals surface area contributed by atoms with Crippen LogP contribution in [0.15, 0.2) is 46.9 Å². The minimum atomic E-state index is 0.00722. The van der Waals surface area contributed by atoms with Gasteiger partial charge in [-0.15, -0.1) is 0 Å². The van der Waals surface area contributed by atoms with Gasteiger partial charge >= 0.3 is 0 Å². The molecular weight excluding hydrogens is 290 g/mol. The molecule has 0 spiro atoms. The normalized spacial score (nSPS) is 12.2. The predicted octanol–water partition coefficient (Wildman–Crippen LogP) is 4.57. The largest absolute Gasteiger partial charge is 0.457 e. The third-order valence-corrected chi connectivity index (χ3v) is 3.41. The Morgan fingerprint density at radius 3 is 2.22 bits per heavy atom. The van der Waals surface area contributed by atoms with Gasteiger partial charge in [0.1, 0.15) is 11.5 Å². The fourth-order valence-electron chi connectivity index (χ4n) is 1.68. The molecule has 0 saturated carbocycles. The fourth-order valence-corrected chi connectivity index (χ4v) is 2.40.